The second kappa shape index (κ2) is 8.10. The predicted molar refractivity (Wildman–Crippen MR) is 99.4 cm³/mol. The van der Waals surface area contributed by atoms with Crippen molar-refractivity contribution in [1.29, 1.82) is 0 Å². The molecule has 0 bridgehead atoms. The molecule has 4 aliphatic rings. The number of amides is 1. The highest BCUT2D eigenvalue weighted by Crippen LogP contribution is 2.45. The maximum atomic E-state index is 12.8. The van der Waals surface area contributed by atoms with Crippen LogP contribution in [0.1, 0.15) is 58.8 Å². The molecule has 2 aliphatic heterocycles. The Morgan fingerprint density at radius 2 is 2.00 bits per heavy atom. The molecule has 0 aromatic carbocycles. The fourth-order valence-electron chi connectivity index (χ4n) is 5.59. The highest BCUT2D eigenvalue weighted by Gasteiger charge is 2.44. The lowest BCUT2D eigenvalue weighted by Gasteiger charge is -2.37. The van der Waals surface area contributed by atoms with Gasteiger partial charge in [0.25, 0.3) is 0 Å². The number of carbonyl (C=O) groups is 1. The lowest BCUT2D eigenvalue weighted by atomic mass is 9.73. The minimum absolute atomic E-state index is 0.0849. The van der Waals surface area contributed by atoms with Crippen LogP contribution in [0, 0.1) is 23.7 Å². The fourth-order valence-corrected chi connectivity index (χ4v) is 5.59. The third-order valence-corrected chi connectivity index (χ3v) is 7.17. The molecule has 8 atom stereocenters. The van der Waals surface area contributed by atoms with Gasteiger partial charge in [0.1, 0.15) is 6.23 Å². The molecular formula is C19H35N5O2. The maximum absolute atomic E-state index is 12.8. The van der Waals surface area contributed by atoms with Gasteiger partial charge >= 0.3 is 0 Å². The van der Waals surface area contributed by atoms with E-state index in [2.05, 4.69) is 40.8 Å². The Hall–Kier alpha value is -0.730. The van der Waals surface area contributed by atoms with Gasteiger partial charge in [-0.3, -0.25) is 25.8 Å². The van der Waals surface area contributed by atoms with Crippen LogP contribution in [0.4, 0.5) is 0 Å². The van der Waals surface area contributed by atoms with Crippen molar-refractivity contribution in [2.75, 3.05) is 6.54 Å². The van der Waals surface area contributed by atoms with Crippen molar-refractivity contribution in [1.82, 2.24) is 27.0 Å². The predicted octanol–water partition coefficient (Wildman–Crippen LogP) is 0.987. The molecule has 1 amide bonds. The second-order valence-corrected chi connectivity index (χ2v) is 8.72. The highest BCUT2D eigenvalue weighted by atomic mass is 16.7. The monoisotopic (exact) mass is 365 g/mol. The Kier molecular flexibility index (Phi) is 5.81. The van der Waals surface area contributed by atoms with E-state index in [0.29, 0.717) is 17.9 Å². The number of rotatable bonds is 4. The van der Waals surface area contributed by atoms with Gasteiger partial charge in [0.2, 0.25) is 5.91 Å². The van der Waals surface area contributed by atoms with Crippen LogP contribution in [-0.2, 0) is 9.63 Å². The summed E-state index contributed by atoms with van der Waals surface area (Å²) in [5.74, 6) is 2.37. The zero-order valence-corrected chi connectivity index (χ0v) is 16.1. The molecule has 2 saturated heterocycles. The van der Waals surface area contributed by atoms with Gasteiger partial charge in [0, 0.05) is 18.6 Å². The van der Waals surface area contributed by atoms with Crippen molar-refractivity contribution in [2.45, 2.75) is 83.3 Å². The van der Waals surface area contributed by atoms with E-state index in [1.54, 1.807) is 0 Å². The molecule has 26 heavy (non-hydrogen) atoms. The fraction of sp³-hybridized carbons (Fsp3) is 0.947. The molecule has 7 nitrogen and oxygen atoms in total. The van der Waals surface area contributed by atoms with Crippen LogP contribution in [0.3, 0.4) is 0 Å². The standard InChI is InChI=1S/C19H35N5O2/c1-3-17-22-18(24-26-17)13-4-6-15-12(10-13)5-7-16(15)21-19(25)14-8-9-20-23-11(14)2/h11-18,20,22-24H,3-10H2,1-2H3,(H,21,25)/t11?,12?,13?,14?,15?,16-,17?,18?/m1/s1. The number of hydroxylamine groups is 1. The normalized spacial score (nSPS) is 46.1. The third kappa shape index (κ3) is 3.78. The summed E-state index contributed by atoms with van der Waals surface area (Å²) in [6, 6.07) is 0.572. The van der Waals surface area contributed by atoms with E-state index in [1.165, 1.54) is 25.7 Å². The van der Waals surface area contributed by atoms with Crippen molar-refractivity contribution in [3.8, 4) is 0 Å². The number of hydrogen-bond acceptors (Lipinski definition) is 6. The maximum Gasteiger partial charge on any atom is 0.225 e. The summed E-state index contributed by atoms with van der Waals surface area (Å²) in [4.78, 5) is 18.4. The Morgan fingerprint density at radius 3 is 2.77 bits per heavy atom. The Morgan fingerprint density at radius 1 is 1.15 bits per heavy atom. The molecular weight excluding hydrogens is 330 g/mol. The van der Waals surface area contributed by atoms with Crippen molar-refractivity contribution >= 4 is 5.91 Å². The zero-order chi connectivity index (χ0) is 18.1. The van der Waals surface area contributed by atoms with E-state index in [0.717, 1.165) is 31.7 Å². The minimum atomic E-state index is 0.0849. The van der Waals surface area contributed by atoms with Gasteiger partial charge in [0.05, 0.1) is 12.1 Å². The van der Waals surface area contributed by atoms with E-state index < -0.39 is 0 Å². The lowest BCUT2D eigenvalue weighted by molar-refractivity contribution is -0.127. The highest BCUT2D eigenvalue weighted by molar-refractivity contribution is 5.79. The molecule has 0 spiro atoms. The molecule has 7 unspecified atom stereocenters. The number of carbonyl (C=O) groups excluding carboxylic acids is 1. The molecule has 0 aromatic rings. The van der Waals surface area contributed by atoms with Crippen LogP contribution in [-0.4, -0.2) is 36.9 Å². The minimum Gasteiger partial charge on any atom is -0.353 e. The molecule has 148 valence electrons. The van der Waals surface area contributed by atoms with E-state index >= 15 is 0 Å². The molecule has 2 saturated carbocycles. The first kappa shape index (κ1) is 18.6. The molecule has 4 fully saturated rings. The van der Waals surface area contributed by atoms with Crippen LogP contribution in [0.15, 0.2) is 0 Å². The van der Waals surface area contributed by atoms with E-state index in [1.807, 2.05) is 0 Å². The van der Waals surface area contributed by atoms with Crippen molar-refractivity contribution in [3.05, 3.63) is 0 Å². The first-order valence-electron chi connectivity index (χ1n) is 10.6. The summed E-state index contributed by atoms with van der Waals surface area (Å²) in [5, 5.41) is 6.98. The summed E-state index contributed by atoms with van der Waals surface area (Å²) >= 11 is 0. The largest absolute Gasteiger partial charge is 0.353 e. The van der Waals surface area contributed by atoms with E-state index in [4.69, 9.17) is 4.84 Å². The van der Waals surface area contributed by atoms with E-state index in [9.17, 15) is 4.79 Å². The van der Waals surface area contributed by atoms with Gasteiger partial charge in [-0.1, -0.05) is 6.92 Å². The number of nitrogens with one attached hydrogen (secondary N) is 5. The van der Waals surface area contributed by atoms with E-state index in [-0.39, 0.29) is 30.3 Å². The summed E-state index contributed by atoms with van der Waals surface area (Å²) in [6.45, 7) is 5.09. The Labute approximate surface area is 156 Å². The molecule has 2 heterocycles. The zero-order valence-electron chi connectivity index (χ0n) is 16.1. The van der Waals surface area contributed by atoms with Crippen LogP contribution in [0.5, 0.6) is 0 Å². The van der Waals surface area contributed by atoms with Crippen LogP contribution in [0.2, 0.25) is 0 Å². The molecule has 0 radical (unpaired) electrons. The molecule has 4 rings (SSSR count). The lowest BCUT2D eigenvalue weighted by Crippen LogP contribution is -2.55. The molecule has 5 N–H and O–H groups in total. The summed E-state index contributed by atoms with van der Waals surface area (Å²) in [7, 11) is 0. The number of hydrogen-bond donors (Lipinski definition) is 5. The first-order chi connectivity index (χ1) is 12.7. The topological polar surface area (TPSA) is 86.5 Å². The molecule has 0 aromatic heterocycles. The Bertz CT molecular complexity index is 504. The number of hydrazine groups is 1. The Balaban J connectivity index is 1.29. The summed E-state index contributed by atoms with van der Waals surface area (Å²) < 4.78 is 0. The summed E-state index contributed by atoms with van der Waals surface area (Å²) in [6.07, 6.45) is 8.40. The third-order valence-electron chi connectivity index (χ3n) is 7.17. The SMILES string of the molecule is CCC1NC(C2CCC3C(CC[C@H]3NC(=O)C3CCNNC3C)C2)NO1. The van der Waals surface area contributed by atoms with Gasteiger partial charge in [-0.2, -0.15) is 5.48 Å². The average Bonchev–Trinajstić information content (AvgIpc) is 3.29. The van der Waals surface area contributed by atoms with Gasteiger partial charge in [-0.05, 0) is 69.6 Å². The van der Waals surface area contributed by atoms with Gasteiger partial charge < -0.3 is 5.32 Å². The summed E-state index contributed by atoms with van der Waals surface area (Å²) in [5.41, 5.74) is 9.55. The first-order valence-corrected chi connectivity index (χ1v) is 10.6. The van der Waals surface area contributed by atoms with Gasteiger partial charge in [0.15, 0.2) is 0 Å². The van der Waals surface area contributed by atoms with Crippen LogP contribution >= 0.6 is 0 Å². The van der Waals surface area contributed by atoms with Crippen LogP contribution < -0.4 is 27.0 Å². The van der Waals surface area contributed by atoms with Crippen molar-refractivity contribution < 1.29 is 9.63 Å². The quantitative estimate of drug-likeness (QED) is 0.511. The smallest absolute Gasteiger partial charge is 0.225 e. The van der Waals surface area contributed by atoms with Gasteiger partial charge in [-0.25, -0.2) is 0 Å². The molecule has 7 heteroatoms. The average molecular weight is 366 g/mol. The van der Waals surface area contributed by atoms with Crippen LogP contribution in [0.25, 0.3) is 0 Å². The number of fused-ring (bicyclic) bond motifs is 1. The van der Waals surface area contributed by atoms with Crippen molar-refractivity contribution in [2.24, 2.45) is 23.7 Å². The van der Waals surface area contributed by atoms with Gasteiger partial charge in [-0.15, -0.1) is 0 Å². The molecule has 2 aliphatic carbocycles. The second-order valence-electron chi connectivity index (χ2n) is 8.72. The van der Waals surface area contributed by atoms with Crippen molar-refractivity contribution in [3.63, 3.8) is 0 Å².